The number of aryl methyl sites for hydroxylation is 1. The Morgan fingerprint density at radius 3 is 2.58 bits per heavy atom. The number of halogens is 1. The third kappa shape index (κ3) is 3.17. The van der Waals surface area contributed by atoms with Crippen LogP contribution in [0.3, 0.4) is 0 Å². The van der Waals surface area contributed by atoms with Crippen LogP contribution >= 0.6 is 15.9 Å². The van der Waals surface area contributed by atoms with Crippen molar-refractivity contribution in [1.29, 1.82) is 0 Å². The topological polar surface area (TPSA) is 22.0 Å². The van der Waals surface area contributed by atoms with Gasteiger partial charge in [0.1, 0.15) is 8.07 Å². The van der Waals surface area contributed by atoms with E-state index >= 15 is 0 Å². The summed E-state index contributed by atoms with van der Waals surface area (Å²) in [5.74, 6) is 3.07. The second-order valence-electron chi connectivity index (χ2n) is 5.64. The van der Waals surface area contributed by atoms with Crippen molar-refractivity contribution in [2.75, 3.05) is 0 Å². The standard InChI is InChI=1S/C15H16BrNOSi/c1-17-10-11(7-8-19(2,3)4)15(18)13-9-12(16)5-6-14(13)17/h5-6,9-10H,1-4H3. The number of hydrogen-bond donors (Lipinski definition) is 0. The van der Waals surface area contributed by atoms with Crippen molar-refractivity contribution >= 4 is 34.9 Å². The Bertz CT molecular complexity index is 760. The van der Waals surface area contributed by atoms with Gasteiger partial charge in [-0.15, -0.1) is 5.54 Å². The lowest BCUT2D eigenvalue weighted by molar-refractivity contribution is 0.946. The van der Waals surface area contributed by atoms with Gasteiger partial charge >= 0.3 is 0 Å². The molecule has 0 bridgehead atoms. The Morgan fingerprint density at radius 1 is 1.26 bits per heavy atom. The molecule has 0 radical (unpaired) electrons. The van der Waals surface area contributed by atoms with Crippen LogP contribution in [0.15, 0.2) is 33.7 Å². The van der Waals surface area contributed by atoms with E-state index in [1.165, 1.54) is 0 Å². The molecule has 0 aliphatic heterocycles. The van der Waals surface area contributed by atoms with E-state index in [1.807, 2.05) is 36.0 Å². The summed E-state index contributed by atoms with van der Waals surface area (Å²) in [5, 5.41) is 0.708. The average molecular weight is 334 g/mol. The number of nitrogens with zero attached hydrogens (tertiary/aromatic N) is 1. The highest BCUT2D eigenvalue weighted by atomic mass is 79.9. The molecule has 2 rings (SSSR count). The molecule has 1 heterocycles. The highest BCUT2D eigenvalue weighted by Crippen LogP contribution is 2.17. The highest BCUT2D eigenvalue weighted by Gasteiger charge is 2.10. The average Bonchev–Trinajstić information content (AvgIpc) is 2.30. The Labute approximate surface area is 122 Å². The van der Waals surface area contributed by atoms with E-state index in [1.54, 1.807) is 0 Å². The van der Waals surface area contributed by atoms with Crippen LogP contribution in [0.4, 0.5) is 0 Å². The molecule has 0 saturated heterocycles. The van der Waals surface area contributed by atoms with E-state index in [0.29, 0.717) is 10.9 Å². The van der Waals surface area contributed by atoms with Gasteiger partial charge in [0, 0.05) is 23.1 Å². The third-order valence-electron chi connectivity index (χ3n) is 2.72. The first-order chi connectivity index (χ1) is 8.78. The van der Waals surface area contributed by atoms with Crippen LogP contribution in [0.25, 0.3) is 10.9 Å². The first kappa shape index (κ1) is 14.1. The van der Waals surface area contributed by atoms with Gasteiger partial charge in [-0.25, -0.2) is 0 Å². The van der Waals surface area contributed by atoms with E-state index in [0.717, 1.165) is 9.99 Å². The Hall–Kier alpha value is -1.31. The molecule has 2 nitrogen and oxygen atoms in total. The molecule has 0 N–H and O–H groups in total. The Balaban J connectivity index is 2.74. The molecule has 4 heteroatoms. The van der Waals surface area contributed by atoms with Crippen molar-refractivity contribution < 1.29 is 0 Å². The van der Waals surface area contributed by atoms with Crippen molar-refractivity contribution in [3.8, 4) is 11.5 Å². The number of aromatic nitrogens is 1. The number of pyridine rings is 1. The molecular weight excluding hydrogens is 318 g/mol. The molecule has 0 atom stereocenters. The van der Waals surface area contributed by atoms with Gasteiger partial charge in [-0.2, -0.15) is 0 Å². The van der Waals surface area contributed by atoms with Crippen molar-refractivity contribution in [3.05, 3.63) is 44.7 Å². The highest BCUT2D eigenvalue weighted by molar-refractivity contribution is 9.10. The molecule has 0 aliphatic carbocycles. The quantitative estimate of drug-likeness (QED) is 0.534. The number of hydrogen-bond acceptors (Lipinski definition) is 1. The fraction of sp³-hybridized carbons (Fsp3) is 0.267. The van der Waals surface area contributed by atoms with Gasteiger partial charge in [-0.3, -0.25) is 4.79 Å². The van der Waals surface area contributed by atoms with Crippen molar-refractivity contribution in [3.63, 3.8) is 0 Å². The molecular formula is C15H16BrNOSi. The number of benzene rings is 1. The SMILES string of the molecule is Cn1cc(C#C[Si](C)(C)C)c(=O)c2cc(Br)ccc21. The second kappa shape index (κ2) is 4.99. The van der Waals surface area contributed by atoms with Gasteiger partial charge in [0.15, 0.2) is 0 Å². The summed E-state index contributed by atoms with van der Waals surface area (Å²) >= 11 is 3.41. The summed E-state index contributed by atoms with van der Waals surface area (Å²) in [4.78, 5) is 12.4. The zero-order valence-electron chi connectivity index (χ0n) is 11.5. The van der Waals surface area contributed by atoms with E-state index < -0.39 is 8.07 Å². The minimum Gasteiger partial charge on any atom is -0.349 e. The van der Waals surface area contributed by atoms with Crippen LogP contribution in [-0.2, 0) is 7.05 Å². The molecule has 0 aliphatic rings. The second-order valence-corrected chi connectivity index (χ2v) is 11.3. The maximum absolute atomic E-state index is 12.4. The third-order valence-corrected chi connectivity index (χ3v) is 4.09. The molecule has 0 amide bonds. The molecule has 19 heavy (non-hydrogen) atoms. The van der Waals surface area contributed by atoms with Crippen LogP contribution in [0.2, 0.25) is 19.6 Å². The molecule has 1 aromatic carbocycles. The van der Waals surface area contributed by atoms with Crippen LogP contribution in [0.1, 0.15) is 5.56 Å². The molecule has 98 valence electrons. The van der Waals surface area contributed by atoms with E-state index in [2.05, 4.69) is 47.0 Å². The lowest BCUT2D eigenvalue weighted by Gasteiger charge is -2.07. The summed E-state index contributed by atoms with van der Waals surface area (Å²) in [6, 6.07) is 5.74. The summed E-state index contributed by atoms with van der Waals surface area (Å²) in [6.45, 7) is 6.51. The molecule has 0 spiro atoms. The molecule has 0 fully saturated rings. The van der Waals surface area contributed by atoms with Crippen molar-refractivity contribution in [1.82, 2.24) is 4.57 Å². The minimum absolute atomic E-state index is 0.0140. The van der Waals surface area contributed by atoms with Crippen molar-refractivity contribution in [2.45, 2.75) is 19.6 Å². The van der Waals surface area contributed by atoms with Crippen LogP contribution in [0, 0.1) is 11.5 Å². The molecule has 0 unspecified atom stereocenters. The maximum atomic E-state index is 12.4. The lowest BCUT2D eigenvalue weighted by atomic mass is 10.1. The van der Waals surface area contributed by atoms with Gasteiger partial charge in [0.05, 0.1) is 11.1 Å². The Kier molecular flexibility index (Phi) is 3.70. The maximum Gasteiger partial charge on any atom is 0.204 e. The van der Waals surface area contributed by atoms with E-state index in [9.17, 15) is 4.79 Å². The zero-order chi connectivity index (χ0) is 14.2. The van der Waals surface area contributed by atoms with Crippen LogP contribution in [0.5, 0.6) is 0 Å². The zero-order valence-corrected chi connectivity index (χ0v) is 14.1. The van der Waals surface area contributed by atoms with Crippen LogP contribution < -0.4 is 5.43 Å². The fourth-order valence-electron chi connectivity index (χ4n) is 1.81. The monoisotopic (exact) mass is 333 g/mol. The van der Waals surface area contributed by atoms with Crippen molar-refractivity contribution in [2.24, 2.45) is 7.05 Å². The van der Waals surface area contributed by atoms with E-state index in [4.69, 9.17) is 0 Å². The smallest absolute Gasteiger partial charge is 0.204 e. The van der Waals surface area contributed by atoms with Gasteiger partial charge in [-0.1, -0.05) is 41.5 Å². The van der Waals surface area contributed by atoms with Gasteiger partial charge in [0.25, 0.3) is 0 Å². The minimum atomic E-state index is -1.48. The van der Waals surface area contributed by atoms with Crippen LogP contribution in [-0.4, -0.2) is 12.6 Å². The largest absolute Gasteiger partial charge is 0.349 e. The first-order valence-corrected chi connectivity index (χ1v) is 10.4. The summed E-state index contributed by atoms with van der Waals surface area (Å²) in [6.07, 6.45) is 1.83. The van der Waals surface area contributed by atoms with E-state index in [-0.39, 0.29) is 5.43 Å². The van der Waals surface area contributed by atoms with Gasteiger partial charge < -0.3 is 4.57 Å². The summed E-state index contributed by atoms with van der Waals surface area (Å²) in [7, 11) is 0.463. The number of rotatable bonds is 0. The Morgan fingerprint density at radius 2 is 1.95 bits per heavy atom. The van der Waals surface area contributed by atoms with Gasteiger partial charge in [0.2, 0.25) is 5.43 Å². The molecule has 0 saturated carbocycles. The lowest BCUT2D eigenvalue weighted by Crippen LogP contribution is -2.17. The fourth-order valence-corrected chi connectivity index (χ4v) is 2.68. The number of fused-ring (bicyclic) bond motifs is 1. The molecule has 2 aromatic rings. The summed E-state index contributed by atoms with van der Waals surface area (Å²) < 4.78 is 2.87. The first-order valence-electron chi connectivity index (χ1n) is 6.10. The predicted molar refractivity (Wildman–Crippen MR) is 87.1 cm³/mol. The predicted octanol–water partition coefficient (Wildman–Crippen LogP) is 3.53. The summed E-state index contributed by atoms with van der Waals surface area (Å²) in [5.41, 5.74) is 4.77. The molecule has 1 aromatic heterocycles. The normalized spacial score (nSPS) is 11.2. The van der Waals surface area contributed by atoms with Gasteiger partial charge in [-0.05, 0) is 18.2 Å².